The molecule has 0 saturated heterocycles. The van der Waals surface area contributed by atoms with Gasteiger partial charge in [-0.15, -0.1) is 0 Å². The lowest BCUT2D eigenvalue weighted by molar-refractivity contribution is -0.00816. The second-order valence-corrected chi connectivity index (χ2v) is 7.50. The summed E-state index contributed by atoms with van der Waals surface area (Å²) in [5, 5.41) is 8.78. The van der Waals surface area contributed by atoms with Crippen LogP contribution in [0.15, 0.2) is 36.4 Å². The topological polar surface area (TPSA) is 44.2 Å². The fraction of sp³-hybridized carbons (Fsp3) is 0.583. The molecule has 0 spiro atoms. The molecule has 0 bridgehead atoms. The van der Waals surface area contributed by atoms with Crippen LogP contribution < -0.4 is 4.74 Å². The third-order valence-corrected chi connectivity index (χ3v) is 5.02. The number of nitrogens with zero attached hydrogens (tertiary/aromatic N) is 2. The molecule has 2 atom stereocenters. The highest BCUT2D eigenvalue weighted by atomic mass is 16.5. The first kappa shape index (κ1) is 22.4. The van der Waals surface area contributed by atoms with Gasteiger partial charge in [-0.2, -0.15) is 10.2 Å². The summed E-state index contributed by atoms with van der Waals surface area (Å²) in [6.45, 7) is 9.30. The van der Waals surface area contributed by atoms with Gasteiger partial charge in [-0.3, -0.25) is 0 Å². The number of unbranched alkanes of at least 4 members (excludes halogenated alkanes) is 4. The molecule has 4 nitrogen and oxygen atoms in total. The number of benzene rings is 1. The van der Waals surface area contributed by atoms with Gasteiger partial charge in [0.25, 0.3) is 0 Å². The van der Waals surface area contributed by atoms with Gasteiger partial charge < -0.3 is 9.47 Å². The summed E-state index contributed by atoms with van der Waals surface area (Å²) in [6.07, 6.45) is 8.33. The zero-order valence-electron chi connectivity index (χ0n) is 18.0. The van der Waals surface area contributed by atoms with Crippen molar-refractivity contribution in [3.8, 4) is 17.0 Å². The first-order valence-corrected chi connectivity index (χ1v) is 10.8. The molecule has 1 heterocycles. The Morgan fingerprint density at radius 2 is 1.54 bits per heavy atom. The van der Waals surface area contributed by atoms with E-state index in [1.165, 1.54) is 25.7 Å². The Balaban J connectivity index is 1.86. The molecule has 2 rings (SSSR count). The summed E-state index contributed by atoms with van der Waals surface area (Å²) in [6, 6.07) is 12.2. The molecule has 0 amide bonds. The second-order valence-electron chi connectivity index (χ2n) is 7.50. The molecule has 0 fully saturated rings. The summed E-state index contributed by atoms with van der Waals surface area (Å²) in [5.41, 5.74) is 3.02. The molecular weight excluding hydrogens is 348 g/mol. The van der Waals surface area contributed by atoms with Gasteiger partial charge >= 0.3 is 0 Å². The predicted molar refractivity (Wildman–Crippen MR) is 116 cm³/mol. The first-order valence-electron chi connectivity index (χ1n) is 10.8. The monoisotopic (exact) mass is 384 g/mol. The van der Waals surface area contributed by atoms with Gasteiger partial charge in [0.2, 0.25) is 0 Å². The Morgan fingerprint density at radius 3 is 2.18 bits per heavy atom. The lowest BCUT2D eigenvalue weighted by atomic mass is 10.1. The van der Waals surface area contributed by atoms with Gasteiger partial charge in [0.05, 0.1) is 17.5 Å². The van der Waals surface area contributed by atoms with E-state index in [1.54, 1.807) is 0 Å². The SMILES string of the molecule is CCCCCCc1ccc(-c2ccc(OC(C)C(C)OCCCC)cc2)nn1. The van der Waals surface area contributed by atoms with Gasteiger partial charge in [-0.25, -0.2) is 0 Å². The van der Waals surface area contributed by atoms with Crippen LogP contribution in [0, 0.1) is 0 Å². The van der Waals surface area contributed by atoms with Crippen molar-refractivity contribution < 1.29 is 9.47 Å². The largest absolute Gasteiger partial charge is 0.488 e. The maximum atomic E-state index is 6.02. The maximum Gasteiger partial charge on any atom is 0.122 e. The van der Waals surface area contributed by atoms with Crippen molar-refractivity contribution in [1.29, 1.82) is 0 Å². The van der Waals surface area contributed by atoms with Gasteiger partial charge in [0.1, 0.15) is 11.9 Å². The molecule has 1 aromatic heterocycles. The highest BCUT2D eigenvalue weighted by Crippen LogP contribution is 2.22. The van der Waals surface area contributed by atoms with Crippen LogP contribution in [0.1, 0.15) is 71.9 Å². The van der Waals surface area contributed by atoms with Crippen molar-refractivity contribution in [3.05, 3.63) is 42.1 Å². The Bertz CT molecular complexity index is 655. The van der Waals surface area contributed by atoms with E-state index in [0.29, 0.717) is 0 Å². The highest BCUT2D eigenvalue weighted by Gasteiger charge is 2.14. The summed E-state index contributed by atoms with van der Waals surface area (Å²) in [4.78, 5) is 0. The molecule has 2 unspecified atom stereocenters. The number of aryl methyl sites for hydroxylation is 1. The van der Waals surface area contributed by atoms with Crippen LogP contribution >= 0.6 is 0 Å². The van der Waals surface area contributed by atoms with E-state index >= 15 is 0 Å². The van der Waals surface area contributed by atoms with Crippen LogP contribution in [0.25, 0.3) is 11.3 Å². The fourth-order valence-electron chi connectivity index (χ4n) is 2.94. The van der Waals surface area contributed by atoms with Crippen LogP contribution in [0.4, 0.5) is 0 Å². The van der Waals surface area contributed by atoms with Crippen molar-refractivity contribution in [2.75, 3.05) is 6.61 Å². The van der Waals surface area contributed by atoms with E-state index in [4.69, 9.17) is 9.47 Å². The number of rotatable bonds is 13. The van der Waals surface area contributed by atoms with E-state index in [-0.39, 0.29) is 12.2 Å². The van der Waals surface area contributed by atoms with Crippen molar-refractivity contribution >= 4 is 0 Å². The summed E-state index contributed by atoms with van der Waals surface area (Å²) in [7, 11) is 0. The van der Waals surface area contributed by atoms with Crippen molar-refractivity contribution in [1.82, 2.24) is 10.2 Å². The highest BCUT2D eigenvalue weighted by molar-refractivity contribution is 5.59. The van der Waals surface area contributed by atoms with Crippen LogP contribution in [0.2, 0.25) is 0 Å². The van der Waals surface area contributed by atoms with E-state index in [2.05, 4.69) is 50.0 Å². The van der Waals surface area contributed by atoms with E-state index in [9.17, 15) is 0 Å². The summed E-state index contributed by atoms with van der Waals surface area (Å²) >= 11 is 0. The smallest absolute Gasteiger partial charge is 0.122 e. The van der Waals surface area contributed by atoms with Crippen molar-refractivity contribution in [2.24, 2.45) is 0 Å². The van der Waals surface area contributed by atoms with Gasteiger partial charge in [-0.1, -0.05) is 39.5 Å². The minimum Gasteiger partial charge on any atom is -0.488 e. The standard InChI is InChI=1S/C24H36N2O2/c1-5-7-9-10-11-22-14-17-24(26-25-22)21-12-15-23(16-13-21)28-20(4)19(3)27-18-8-6-2/h12-17,19-20H,5-11,18H2,1-4H3. The Kier molecular flexibility index (Phi) is 9.98. The number of hydrogen-bond donors (Lipinski definition) is 0. The zero-order chi connectivity index (χ0) is 20.2. The lowest BCUT2D eigenvalue weighted by Gasteiger charge is -2.22. The minimum atomic E-state index is 0.00879. The number of ether oxygens (including phenoxy) is 2. The molecule has 0 aliphatic carbocycles. The molecule has 28 heavy (non-hydrogen) atoms. The predicted octanol–water partition coefficient (Wildman–Crippen LogP) is 6.24. The molecule has 1 aromatic carbocycles. The van der Waals surface area contributed by atoms with E-state index in [0.717, 1.165) is 48.6 Å². The molecule has 0 aliphatic heterocycles. The summed E-state index contributed by atoms with van der Waals surface area (Å²) in [5.74, 6) is 0.850. The maximum absolute atomic E-state index is 6.02. The number of hydrogen-bond acceptors (Lipinski definition) is 4. The molecule has 2 aromatic rings. The van der Waals surface area contributed by atoms with E-state index in [1.807, 2.05) is 24.3 Å². The second kappa shape index (κ2) is 12.5. The van der Waals surface area contributed by atoms with Crippen LogP contribution in [-0.4, -0.2) is 29.0 Å². The van der Waals surface area contributed by atoms with Crippen LogP contribution in [0.3, 0.4) is 0 Å². The molecule has 0 saturated carbocycles. The Morgan fingerprint density at radius 1 is 0.786 bits per heavy atom. The zero-order valence-corrected chi connectivity index (χ0v) is 18.0. The first-order chi connectivity index (χ1) is 13.6. The van der Waals surface area contributed by atoms with Crippen molar-refractivity contribution in [3.63, 3.8) is 0 Å². The van der Waals surface area contributed by atoms with Gasteiger partial charge in [0.15, 0.2) is 0 Å². The van der Waals surface area contributed by atoms with Gasteiger partial charge in [-0.05, 0) is 69.5 Å². The third-order valence-electron chi connectivity index (χ3n) is 5.02. The molecule has 154 valence electrons. The van der Waals surface area contributed by atoms with Gasteiger partial charge in [0, 0.05) is 12.2 Å². The fourth-order valence-corrected chi connectivity index (χ4v) is 2.94. The lowest BCUT2D eigenvalue weighted by Crippen LogP contribution is -2.29. The average molecular weight is 385 g/mol. The Hall–Kier alpha value is -1.94. The average Bonchev–Trinajstić information content (AvgIpc) is 2.72. The quantitative estimate of drug-likeness (QED) is 0.383. The van der Waals surface area contributed by atoms with Crippen LogP contribution in [0.5, 0.6) is 5.75 Å². The third kappa shape index (κ3) is 7.59. The van der Waals surface area contributed by atoms with E-state index < -0.39 is 0 Å². The molecule has 0 aliphatic rings. The number of aromatic nitrogens is 2. The summed E-state index contributed by atoms with van der Waals surface area (Å²) < 4.78 is 11.8. The molecular formula is C24H36N2O2. The normalized spacial score (nSPS) is 13.3. The molecule has 0 radical (unpaired) electrons. The van der Waals surface area contributed by atoms with Crippen molar-refractivity contribution in [2.45, 2.75) is 84.8 Å². The molecule has 0 N–H and O–H groups in total. The van der Waals surface area contributed by atoms with Crippen LogP contribution in [-0.2, 0) is 11.2 Å². The Labute approximate surface area is 170 Å². The molecule has 4 heteroatoms. The minimum absolute atomic E-state index is 0.00879.